The van der Waals surface area contributed by atoms with Crippen molar-refractivity contribution in [1.82, 2.24) is 4.90 Å². The largest absolute Gasteiger partial charge is 0.378 e. The quantitative estimate of drug-likeness (QED) is 0.781. The summed E-state index contributed by atoms with van der Waals surface area (Å²) in [6.07, 6.45) is 0. The Kier molecular flexibility index (Phi) is 4.86. The molecule has 7 nitrogen and oxygen atoms in total. The minimum absolute atomic E-state index is 0.000895. The van der Waals surface area contributed by atoms with Crippen molar-refractivity contribution in [2.24, 2.45) is 5.10 Å². The van der Waals surface area contributed by atoms with Gasteiger partial charge in [0.1, 0.15) is 5.82 Å². The molecule has 2 heterocycles. The van der Waals surface area contributed by atoms with Gasteiger partial charge < -0.3 is 9.64 Å². The summed E-state index contributed by atoms with van der Waals surface area (Å²) < 4.78 is 45.4. The lowest BCUT2D eigenvalue weighted by atomic mass is 10.2. The smallest absolute Gasteiger partial charge is 0.286 e. The van der Waals surface area contributed by atoms with Crippen LogP contribution in [0.4, 0.5) is 10.1 Å². The first-order chi connectivity index (χ1) is 13.5. The number of anilines is 1. The molecule has 0 bridgehead atoms. The number of para-hydroxylation sites is 1. The molecule has 0 radical (unpaired) electrons. The normalized spacial score (nSPS) is 18.4. The Morgan fingerprint density at radius 2 is 1.75 bits per heavy atom. The fourth-order valence-electron chi connectivity index (χ4n) is 3.19. The van der Waals surface area contributed by atoms with Gasteiger partial charge in [-0.15, -0.1) is 0 Å². The lowest BCUT2D eigenvalue weighted by Crippen LogP contribution is -2.47. The molecule has 2 aromatic carbocycles. The monoisotopic (exact) mass is 403 g/mol. The van der Waals surface area contributed by atoms with Gasteiger partial charge in [-0.2, -0.15) is 5.10 Å². The zero-order valence-electron chi connectivity index (χ0n) is 14.9. The van der Waals surface area contributed by atoms with E-state index in [0.717, 1.165) is 0 Å². The summed E-state index contributed by atoms with van der Waals surface area (Å²) in [6.45, 7) is 1.27. The predicted molar refractivity (Wildman–Crippen MR) is 101 cm³/mol. The van der Waals surface area contributed by atoms with E-state index in [1.807, 2.05) is 0 Å². The average molecular weight is 403 g/mol. The second-order valence-electron chi connectivity index (χ2n) is 6.43. The number of hydrazone groups is 1. The topological polar surface area (TPSA) is 79.3 Å². The Hall–Kier alpha value is -2.78. The first-order valence-electron chi connectivity index (χ1n) is 8.79. The lowest BCUT2D eigenvalue weighted by Gasteiger charge is -2.31. The molecule has 9 heteroatoms. The first-order valence-corrected chi connectivity index (χ1v) is 10.3. The summed E-state index contributed by atoms with van der Waals surface area (Å²) in [5.74, 6) is -1.10. The van der Waals surface area contributed by atoms with Crippen LogP contribution >= 0.6 is 0 Å². The number of fused-ring (bicyclic) bond motifs is 1. The molecule has 2 aliphatic heterocycles. The van der Waals surface area contributed by atoms with Gasteiger partial charge in [0, 0.05) is 18.7 Å². The van der Waals surface area contributed by atoms with Crippen molar-refractivity contribution in [3.63, 3.8) is 0 Å². The van der Waals surface area contributed by atoms with Crippen molar-refractivity contribution in [2.75, 3.05) is 31.3 Å². The lowest BCUT2D eigenvalue weighted by molar-refractivity contribution is -0.127. The molecule has 0 N–H and O–H groups in total. The number of amides is 1. The van der Waals surface area contributed by atoms with Crippen molar-refractivity contribution in [3.8, 4) is 0 Å². The van der Waals surface area contributed by atoms with Crippen LogP contribution in [-0.2, 0) is 25.9 Å². The summed E-state index contributed by atoms with van der Waals surface area (Å²) in [7, 11) is -4.08. The number of morpholine rings is 1. The molecular weight excluding hydrogens is 385 g/mol. The number of sulfone groups is 1. The van der Waals surface area contributed by atoms with Gasteiger partial charge in [-0.1, -0.05) is 30.3 Å². The highest BCUT2D eigenvalue weighted by Crippen LogP contribution is 2.33. The minimum atomic E-state index is -4.08. The van der Waals surface area contributed by atoms with Crippen molar-refractivity contribution in [2.45, 2.75) is 11.4 Å². The van der Waals surface area contributed by atoms with E-state index in [4.69, 9.17) is 4.74 Å². The van der Waals surface area contributed by atoms with E-state index < -0.39 is 26.6 Å². The Bertz CT molecular complexity index is 1050. The maximum absolute atomic E-state index is 14.1. The van der Waals surface area contributed by atoms with Crippen LogP contribution in [0.25, 0.3) is 0 Å². The number of halogens is 1. The number of hydrogen-bond donors (Lipinski definition) is 0. The molecule has 1 amide bonds. The Morgan fingerprint density at radius 3 is 2.50 bits per heavy atom. The molecule has 0 unspecified atom stereocenters. The highest BCUT2D eigenvalue weighted by molar-refractivity contribution is 8.08. The van der Waals surface area contributed by atoms with Gasteiger partial charge in [-0.05, 0) is 18.2 Å². The Morgan fingerprint density at radius 1 is 1.07 bits per heavy atom. The van der Waals surface area contributed by atoms with E-state index in [0.29, 0.717) is 37.6 Å². The van der Waals surface area contributed by atoms with Gasteiger partial charge in [-0.3, -0.25) is 9.80 Å². The third-order valence-electron chi connectivity index (χ3n) is 4.66. The standard InChI is InChI=1S/C19H18FN3O4S/c20-15-6-2-1-5-14(15)13-23-16-7-3-4-8-17(16)28(25,26)18(21-23)19(24)22-9-11-27-12-10-22/h1-8H,9-13H2. The molecular formula is C19H18FN3O4S. The van der Waals surface area contributed by atoms with Gasteiger partial charge >= 0.3 is 0 Å². The molecule has 0 saturated carbocycles. The summed E-state index contributed by atoms with van der Waals surface area (Å²) >= 11 is 0. The molecule has 0 atom stereocenters. The second-order valence-corrected chi connectivity index (χ2v) is 8.26. The maximum Gasteiger partial charge on any atom is 0.286 e. The van der Waals surface area contributed by atoms with E-state index in [1.54, 1.807) is 36.4 Å². The van der Waals surface area contributed by atoms with E-state index >= 15 is 0 Å². The van der Waals surface area contributed by atoms with Crippen LogP contribution in [0.2, 0.25) is 0 Å². The summed E-state index contributed by atoms with van der Waals surface area (Å²) in [5.41, 5.74) is 0.655. The average Bonchev–Trinajstić information content (AvgIpc) is 2.72. The minimum Gasteiger partial charge on any atom is -0.378 e. The molecule has 146 valence electrons. The van der Waals surface area contributed by atoms with Gasteiger partial charge in [0.2, 0.25) is 14.9 Å². The van der Waals surface area contributed by atoms with Gasteiger partial charge in [0.05, 0.1) is 30.3 Å². The van der Waals surface area contributed by atoms with Crippen molar-refractivity contribution in [3.05, 3.63) is 59.9 Å². The molecule has 1 saturated heterocycles. The van der Waals surface area contributed by atoms with Crippen LogP contribution < -0.4 is 5.01 Å². The van der Waals surface area contributed by atoms with Gasteiger partial charge in [0.25, 0.3) is 5.91 Å². The third-order valence-corrected chi connectivity index (χ3v) is 6.35. The number of hydrogen-bond acceptors (Lipinski definition) is 6. The number of carbonyl (C=O) groups is 1. The zero-order chi connectivity index (χ0) is 19.7. The fraction of sp³-hybridized carbons (Fsp3) is 0.263. The van der Waals surface area contributed by atoms with Crippen LogP contribution in [-0.4, -0.2) is 50.6 Å². The van der Waals surface area contributed by atoms with Crippen molar-refractivity contribution in [1.29, 1.82) is 0 Å². The number of rotatable bonds is 3. The Labute approximate surface area is 161 Å². The van der Waals surface area contributed by atoms with E-state index in [1.165, 1.54) is 22.0 Å². The molecule has 2 aliphatic rings. The van der Waals surface area contributed by atoms with Crippen molar-refractivity contribution < 1.29 is 22.3 Å². The number of ether oxygens (including phenoxy) is 1. The number of carbonyl (C=O) groups excluding carboxylic acids is 1. The Balaban J connectivity index is 1.77. The summed E-state index contributed by atoms with van der Waals surface area (Å²) in [5, 5.41) is 4.96. The van der Waals surface area contributed by atoms with Crippen LogP contribution in [0.1, 0.15) is 5.56 Å². The van der Waals surface area contributed by atoms with Crippen LogP contribution in [0.15, 0.2) is 58.5 Å². The van der Waals surface area contributed by atoms with E-state index in [-0.39, 0.29) is 11.4 Å². The van der Waals surface area contributed by atoms with E-state index in [9.17, 15) is 17.6 Å². The second kappa shape index (κ2) is 7.33. The summed E-state index contributed by atoms with van der Waals surface area (Å²) in [6, 6.07) is 12.5. The summed E-state index contributed by atoms with van der Waals surface area (Å²) in [4.78, 5) is 14.3. The van der Waals surface area contributed by atoms with Crippen LogP contribution in [0.3, 0.4) is 0 Å². The molecule has 2 aromatic rings. The van der Waals surface area contributed by atoms with Crippen molar-refractivity contribution >= 4 is 26.5 Å². The third kappa shape index (κ3) is 3.27. The fourth-order valence-corrected chi connectivity index (χ4v) is 4.67. The molecule has 0 spiro atoms. The van der Waals surface area contributed by atoms with Gasteiger partial charge in [-0.25, -0.2) is 12.8 Å². The molecule has 1 fully saturated rings. The van der Waals surface area contributed by atoms with Gasteiger partial charge in [0.15, 0.2) is 0 Å². The SMILES string of the molecule is O=C(C1=NN(Cc2ccccc2F)c2ccccc2S1(=O)=O)N1CCOCC1. The molecule has 4 rings (SSSR count). The highest BCUT2D eigenvalue weighted by atomic mass is 32.2. The zero-order valence-corrected chi connectivity index (χ0v) is 15.7. The maximum atomic E-state index is 14.1. The number of nitrogens with zero attached hydrogens (tertiary/aromatic N) is 3. The predicted octanol–water partition coefficient (Wildman–Crippen LogP) is 1.79. The highest BCUT2D eigenvalue weighted by Gasteiger charge is 2.39. The molecule has 28 heavy (non-hydrogen) atoms. The van der Waals surface area contributed by atoms with Crippen LogP contribution in [0, 0.1) is 5.82 Å². The molecule has 0 aromatic heterocycles. The van der Waals surface area contributed by atoms with E-state index in [2.05, 4.69) is 5.10 Å². The number of benzene rings is 2. The van der Waals surface area contributed by atoms with Crippen LogP contribution in [0.5, 0.6) is 0 Å². The first kappa shape index (κ1) is 18.6. The molecule has 0 aliphatic carbocycles.